The molecule has 1 nitrogen and oxygen atoms in total. The highest BCUT2D eigenvalue weighted by molar-refractivity contribution is 6.31. The molecule has 1 aliphatic rings. The summed E-state index contributed by atoms with van der Waals surface area (Å²) in [5.74, 6) is 0.0279. The Morgan fingerprint density at radius 2 is 1.64 bits per heavy atom. The summed E-state index contributed by atoms with van der Waals surface area (Å²) in [6.07, 6.45) is 8.81. The molecule has 0 amide bonds. The van der Waals surface area contributed by atoms with Gasteiger partial charge in [0.25, 0.3) is 0 Å². The summed E-state index contributed by atoms with van der Waals surface area (Å²) in [6.45, 7) is 5.97. The number of ketones is 1. The van der Waals surface area contributed by atoms with Gasteiger partial charge in [0.1, 0.15) is 0 Å². The van der Waals surface area contributed by atoms with Crippen LogP contribution in [0.5, 0.6) is 0 Å². The van der Waals surface area contributed by atoms with Crippen molar-refractivity contribution < 1.29 is 4.79 Å². The van der Waals surface area contributed by atoms with Gasteiger partial charge in [0.15, 0.2) is 5.78 Å². The number of carbonyl (C=O) groups is 1. The Morgan fingerprint density at radius 3 is 2.32 bits per heavy atom. The summed E-state index contributed by atoms with van der Waals surface area (Å²) in [5.41, 5.74) is 4.29. The Kier molecular flexibility index (Phi) is 6.97. The molecule has 2 aromatic rings. The smallest absolute Gasteiger partial charge is 0.193 e. The van der Waals surface area contributed by atoms with Crippen molar-refractivity contribution in [3.8, 4) is 0 Å². The van der Waals surface area contributed by atoms with E-state index in [2.05, 4.69) is 6.08 Å². The lowest BCUT2D eigenvalue weighted by Crippen LogP contribution is -2.04. The normalized spacial score (nSPS) is 13.1. The largest absolute Gasteiger partial charge is 0.289 e. The van der Waals surface area contributed by atoms with Crippen molar-refractivity contribution in [2.24, 2.45) is 0 Å². The zero-order valence-electron chi connectivity index (χ0n) is 14.9. The molecule has 0 saturated heterocycles. The number of hydrogen-bond acceptors (Lipinski definition) is 1. The summed E-state index contributed by atoms with van der Waals surface area (Å²) < 4.78 is 0. The van der Waals surface area contributed by atoms with Gasteiger partial charge in [-0.3, -0.25) is 4.79 Å². The predicted octanol–water partition coefficient (Wildman–Crippen LogP) is 6.83. The van der Waals surface area contributed by atoms with Crippen LogP contribution in [0.4, 0.5) is 0 Å². The fourth-order valence-corrected chi connectivity index (χ4v) is 2.77. The number of carbonyl (C=O) groups excluding carboxylic acids is 1. The number of allylic oxidation sites excluding steroid dienone is 6. The minimum atomic E-state index is 0.0279. The van der Waals surface area contributed by atoms with Crippen molar-refractivity contribution in [1.82, 2.24) is 0 Å². The Morgan fingerprint density at radius 1 is 0.960 bits per heavy atom. The van der Waals surface area contributed by atoms with E-state index in [1.54, 1.807) is 0 Å². The molecule has 0 atom stereocenters. The number of benzene rings is 2. The average Bonchev–Trinajstić information content (AvgIpc) is 2.92. The van der Waals surface area contributed by atoms with Gasteiger partial charge in [0.2, 0.25) is 0 Å². The fourth-order valence-electron chi connectivity index (χ4n) is 2.59. The topological polar surface area (TPSA) is 17.1 Å². The minimum Gasteiger partial charge on any atom is -0.289 e. The molecule has 2 heteroatoms. The van der Waals surface area contributed by atoms with Gasteiger partial charge in [0.05, 0.1) is 0 Å². The summed E-state index contributed by atoms with van der Waals surface area (Å²) >= 11 is 6.27. The van der Waals surface area contributed by atoms with Crippen LogP contribution in [0.2, 0.25) is 5.02 Å². The van der Waals surface area contributed by atoms with Crippen LogP contribution >= 0.6 is 11.6 Å². The third kappa shape index (κ3) is 4.58. The zero-order valence-corrected chi connectivity index (χ0v) is 15.7. The maximum absolute atomic E-state index is 12.9. The minimum absolute atomic E-state index is 0.0279. The molecule has 1 aliphatic carbocycles. The van der Waals surface area contributed by atoms with E-state index in [9.17, 15) is 4.79 Å². The van der Waals surface area contributed by atoms with Crippen molar-refractivity contribution >= 4 is 23.0 Å². The third-order valence-electron chi connectivity index (χ3n) is 3.89. The molecule has 0 unspecified atom stereocenters. The molecule has 2 aromatic carbocycles. The molecule has 0 bridgehead atoms. The van der Waals surface area contributed by atoms with Crippen LogP contribution in [-0.2, 0) is 0 Å². The van der Waals surface area contributed by atoms with Gasteiger partial charge >= 0.3 is 0 Å². The van der Waals surface area contributed by atoms with Crippen molar-refractivity contribution in [2.75, 3.05) is 0 Å². The molecule has 0 spiro atoms. The monoisotopic (exact) mass is 350 g/mol. The lowest BCUT2D eigenvalue weighted by Gasteiger charge is -2.10. The molecule has 0 heterocycles. The van der Waals surface area contributed by atoms with Crippen molar-refractivity contribution in [1.29, 1.82) is 0 Å². The molecular weight excluding hydrogens is 328 g/mol. The van der Waals surface area contributed by atoms with E-state index in [0.29, 0.717) is 16.2 Å². The van der Waals surface area contributed by atoms with Crippen molar-refractivity contribution in [3.63, 3.8) is 0 Å². The van der Waals surface area contributed by atoms with Gasteiger partial charge in [-0.15, -0.1) is 0 Å². The van der Waals surface area contributed by atoms with Crippen molar-refractivity contribution in [3.05, 3.63) is 100 Å². The average molecular weight is 351 g/mol. The van der Waals surface area contributed by atoms with Crippen LogP contribution in [0.1, 0.15) is 41.8 Å². The van der Waals surface area contributed by atoms with Gasteiger partial charge in [-0.2, -0.15) is 0 Å². The molecule has 0 radical (unpaired) electrons. The highest BCUT2D eigenvalue weighted by Gasteiger charge is 2.16. The number of Topliss-reactive ketones (excluding diaryl/α,β-unsaturated/α-hetero) is 1. The van der Waals surface area contributed by atoms with E-state index in [4.69, 9.17) is 11.6 Å². The summed E-state index contributed by atoms with van der Waals surface area (Å²) in [7, 11) is 0. The standard InChI is InChI=1S/C21H17ClO.C2H6/c1-15-12-13-17(14-20(15)22)18-10-6-3-7-11-19(18)21(23)16-8-4-2-5-9-16;1-2/h2,4-14H,3H2,1H3;1-2H3. The van der Waals surface area contributed by atoms with E-state index in [1.807, 2.05) is 87.5 Å². The van der Waals surface area contributed by atoms with Gasteiger partial charge in [-0.25, -0.2) is 0 Å². The first-order valence-corrected chi connectivity index (χ1v) is 8.98. The van der Waals surface area contributed by atoms with Crippen molar-refractivity contribution in [2.45, 2.75) is 27.2 Å². The van der Waals surface area contributed by atoms with Gasteiger partial charge in [0, 0.05) is 16.2 Å². The SMILES string of the molecule is CC.Cc1ccc(C2=C(C(=O)c3ccccc3)C=CCC=C2)cc1Cl. The Balaban J connectivity index is 0.00000109. The lowest BCUT2D eigenvalue weighted by atomic mass is 9.93. The van der Waals surface area contributed by atoms with Crippen LogP contribution in [-0.4, -0.2) is 5.78 Å². The van der Waals surface area contributed by atoms with Crippen LogP contribution < -0.4 is 0 Å². The molecule has 0 aliphatic heterocycles. The van der Waals surface area contributed by atoms with Gasteiger partial charge in [-0.1, -0.05) is 92.2 Å². The number of rotatable bonds is 3. The molecule has 3 rings (SSSR count). The number of aryl methyl sites for hydroxylation is 1. The van der Waals surface area contributed by atoms with Crippen LogP contribution in [0.3, 0.4) is 0 Å². The summed E-state index contributed by atoms with van der Waals surface area (Å²) in [5, 5.41) is 0.711. The quantitative estimate of drug-likeness (QED) is 0.554. The zero-order chi connectivity index (χ0) is 18.2. The number of hydrogen-bond donors (Lipinski definition) is 0. The molecule has 0 aromatic heterocycles. The molecule has 0 N–H and O–H groups in total. The number of halogens is 1. The van der Waals surface area contributed by atoms with Crippen LogP contribution in [0.25, 0.3) is 5.57 Å². The highest BCUT2D eigenvalue weighted by Crippen LogP contribution is 2.29. The first-order valence-electron chi connectivity index (χ1n) is 8.60. The molecular formula is C23H23ClO. The van der Waals surface area contributed by atoms with Gasteiger partial charge < -0.3 is 0 Å². The maximum Gasteiger partial charge on any atom is 0.193 e. The Bertz CT molecular complexity index is 826. The van der Waals surface area contributed by atoms with Gasteiger partial charge in [-0.05, 0) is 36.1 Å². The van der Waals surface area contributed by atoms with E-state index in [-0.39, 0.29) is 5.78 Å². The highest BCUT2D eigenvalue weighted by atomic mass is 35.5. The molecule has 0 fully saturated rings. The van der Waals surface area contributed by atoms with Crippen LogP contribution in [0.15, 0.2) is 78.4 Å². The first kappa shape index (κ1) is 19.0. The lowest BCUT2D eigenvalue weighted by molar-refractivity contribution is 0.103. The summed E-state index contributed by atoms with van der Waals surface area (Å²) in [6, 6.07) is 15.3. The summed E-state index contributed by atoms with van der Waals surface area (Å²) in [4.78, 5) is 12.9. The maximum atomic E-state index is 12.9. The second-order valence-electron chi connectivity index (χ2n) is 5.53. The van der Waals surface area contributed by atoms with E-state index in [1.165, 1.54) is 0 Å². The third-order valence-corrected chi connectivity index (χ3v) is 4.30. The molecule has 25 heavy (non-hydrogen) atoms. The van der Waals surface area contributed by atoms with E-state index in [0.717, 1.165) is 23.1 Å². The molecule has 128 valence electrons. The van der Waals surface area contributed by atoms with Crippen LogP contribution in [0, 0.1) is 6.92 Å². The second kappa shape index (κ2) is 9.19. The fraction of sp³-hybridized carbons (Fsp3) is 0.174. The Hall–Kier alpha value is -2.38. The second-order valence-corrected chi connectivity index (χ2v) is 5.93. The molecule has 0 saturated carbocycles. The first-order chi connectivity index (χ1) is 12.2. The predicted molar refractivity (Wildman–Crippen MR) is 108 cm³/mol. The van der Waals surface area contributed by atoms with E-state index >= 15 is 0 Å². The van der Waals surface area contributed by atoms with E-state index < -0.39 is 0 Å². The Labute approximate surface area is 155 Å².